The number of nitrogens with one attached hydrogen (secondary N) is 3. The monoisotopic (exact) mass is 731 g/mol. The molecule has 3 fully saturated rings. The first-order valence-corrected chi connectivity index (χ1v) is 18.4. The summed E-state index contributed by atoms with van der Waals surface area (Å²) < 4.78 is 24.8. The molecule has 3 aliphatic heterocycles. The summed E-state index contributed by atoms with van der Waals surface area (Å²) in [5, 5.41) is 53.0. The van der Waals surface area contributed by atoms with Gasteiger partial charge in [-0.1, -0.05) is 13.3 Å². The lowest BCUT2D eigenvalue weighted by Crippen LogP contribution is -2.76. The Kier molecular flexibility index (Phi) is 13.1. The quantitative estimate of drug-likeness (QED) is 0.0530. The molecule has 7 N–H and O–H groups in total. The number of aliphatic hydroxyl groups is 4. The van der Waals surface area contributed by atoms with Crippen molar-refractivity contribution in [1.29, 1.82) is 0 Å². The van der Waals surface area contributed by atoms with Crippen molar-refractivity contribution in [2.45, 2.75) is 160 Å². The van der Waals surface area contributed by atoms with E-state index in [1.807, 2.05) is 11.8 Å². The van der Waals surface area contributed by atoms with Crippen LogP contribution in [0.3, 0.4) is 0 Å². The van der Waals surface area contributed by atoms with Gasteiger partial charge in [0.2, 0.25) is 11.7 Å². The zero-order chi connectivity index (χ0) is 38.1. The molecular formula is C35H61N3O11S. The zero-order valence-electron chi connectivity index (χ0n) is 31.6. The number of thioether (sulfide) groups is 1. The second kappa shape index (κ2) is 15.5. The number of urea groups is 1. The number of esters is 1. The minimum Gasteiger partial charge on any atom is -0.513 e. The summed E-state index contributed by atoms with van der Waals surface area (Å²) in [6.45, 7) is 16.9. The molecule has 3 heterocycles. The molecule has 3 rings (SSSR count). The van der Waals surface area contributed by atoms with Crippen LogP contribution in [0.15, 0.2) is 11.3 Å². The smallest absolute Gasteiger partial charge is 0.315 e. The van der Waals surface area contributed by atoms with Crippen molar-refractivity contribution in [3.8, 4) is 0 Å². The van der Waals surface area contributed by atoms with Gasteiger partial charge in [-0.3, -0.25) is 9.59 Å². The normalized spacial score (nSPS) is 34.5. The molecule has 0 bridgehead atoms. The van der Waals surface area contributed by atoms with Gasteiger partial charge in [0, 0.05) is 31.3 Å². The highest BCUT2D eigenvalue weighted by Crippen LogP contribution is 2.54. The predicted octanol–water partition coefficient (Wildman–Crippen LogP) is 2.82. The van der Waals surface area contributed by atoms with Gasteiger partial charge in [0.05, 0.1) is 60.3 Å². The maximum absolute atomic E-state index is 13.1. The van der Waals surface area contributed by atoms with Crippen molar-refractivity contribution in [3.05, 3.63) is 11.3 Å². The number of hydrogen-bond acceptors (Lipinski definition) is 12. The molecule has 3 unspecified atom stereocenters. The number of unbranched alkanes of at least 4 members (excludes halogenated alkanes) is 1. The van der Waals surface area contributed by atoms with Crippen LogP contribution in [0.25, 0.3) is 0 Å². The van der Waals surface area contributed by atoms with Crippen molar-refractivity contribution in [3.63, 3.8) is 0 Å². The summed E-state index contributed by atoms with van der Waals surface area (Å²) in [6, 6.07) is -0.777. The molecule has 14 nitrogen and oxygen atoms in total. The Morgan fingerprint density at radius 3 is 2.32 bits per heavy atom. The number of allylic oxidation sites excluding steroid dienone is 1. The first-order valence-electron chi connectivity index (χ1n) is 17.4. The fraction of sp³-hybridized carbons (Fsp3) is 0.857. The average molecular weight is 732 g/mol. The number of carbonyl (C=O) groups is 3. The molecule has 0 aromatic carbocycles. The summed E-state index contributed by atoms with van der Waals surface area (Å²) in [6.07, 6.45) is 0.545. The number of amides is 3. The highest BCUT2D eigenvalue weighted by Gasteiger charge is 2.69. The topological polar surface area (TPSA) is 205 Å². The van der Waals surface area contributed by atoms with Crippen LogP contribution in [0, 0.1) is 5.41 Å². The number of hydrogen-bond donors (Lipinski definition) is 7. The second-order valence-electron chi connectivity index (χ2n) is 16.1. The van der Waals surface area contributed by atoms with E-state index in [9.17, 15) is 34.8 Å². The number of aliphatic hydroxyl groups excluding tert-OH is 3. The van der Waals surface area contributed by atoms with Crippen molar-refractivity contribution >= 4 is 29.7 Å². The molecule has 0 radical (unpaired) electrons. The van der Waals surface area contributed by atoms with E-state index >= 15 is 0 Å². The third-order valence-electron chi connectivity index (χ3n) is 10.9. The van der Waals surface area contributed by atoms with Crippen molar-refractivity contribution in [2.24, 2.45) is 5.41 Å². The highest BCUT2D eigenvalue weighted by atomic mass is 32.2. The van der Waals surface area contributed by atoms with Crippen LogP contribution in [0.1, 0.15) is 102 Å². The van der Waals surface area contributed by atoms with Gasteiger partial charge in [0.15, 0.2) is 0 Å². The molecular weight excluding hydrogens is 670 g/mol. The van der Waals surface area contributed by atoms with Crippen LogP contribution in [0.2, 0.25) is 0 Å². The SMILES string of the molecule is CC(=O)N[C@@H](/C(C)=C(\C)O)[C@@](C)(COCC1(C)C(C)(C)O[C@](C)(OC(=O)CCCCC2SC[C@@H]3NC(=O)N[C@H]23)C(O)[C@@]1(C)O)OC(C)(C)CO. The number of ether oxygens (including phenoxy) is 4. The first-order chi connectivity index (χ1) is 22.8. The van der Waals surface area contributed by atoms with Crippen LogP contribution in [0.5, 0.6) is 0 Å². The summed E-state index contributed by atoms with van der Waals surface area (Å²) in [5.74, 6) is -1.98. The number of rotatable bonds is 16. The van der Waals surface area contributed by atoms with Crippen LogP contribution in [-0.4, -0.2) is 122 Å². The van der Waals surface area contributed by atoms with Gasteiger partial charge in [-0.15, -0.1) is 0 Å². The Labute approximate surface area is 300 Å². The summed E-state index contributed by atoms with van der Waals surface area (Å²) in [4.78, 5) is 37.0. The number of fused-ring (bicyclic) bond motifs is 1. The molecule has 0 saturated carbocycles. The van der Waals surface area contributed by atoms with Crippen molar-refractivity contribution in [2.75, 3.05) is 25.6 Å². The Hall–Kier alpha value is -2.14. The Bertz CT molecular complexity index is 1290. The zero-order valence-corrected chi connectivity index (χ0v) is 32.4. The molecule has 3 amide bonds. The largest absolute Gasteiger partial charge is 0.513 e. The predicted molar refractivity (Wildman–Crippen MR) is 188 cm³/mol. The number of carbonyl (C=O) groups excluding carboxylic acids is 3. The minimum absolute atomic E-state index is 0.0170. The summed E-state index contributed by atoms with van der Waals surface area (Å²) >= 11 is 1.81. The molecule has 50 heavy (non-hydrogen) atoms. The van der Waals surface area contributed by atoms with Gasteiger partial charge >= 0.3 is 12.0 Å². The molecule has 0 aliphatic carbocycles. The molecule has 0 aromatic rings. The van der Waals surface area contributed by atoms with Crippen LogP contribution < -0.4 is 16.0 Å². The van der Waals surface area contributed by atoms with Crippen molar-refractivity contribution in [1.82, 2.24) is 16.0 Å². The molecule has 15 heteroatoms. The van der Waals surface area contributed by atoms with Gasteiger partial charge in [-0.05, 0) is 73.8 Å². The third-order valence-corrected chi connectivity index (χ3v) is 12.4. The fourth-order valence-corrected chi connectivity index (χ4v) is 9.00. The lowest BCUT2D eigenvalue weighted by atomic mass is 9.59. The molecule has 9 atom stereocenters. The first kappa shape index (κ1) is 42.3. The highest BCUT2D eigenvalue weighted by molar-refractivity contribution is 8.00. The van der Waals surface area contributed by atoms with E-state index in [1.165, 1.54) is 27.7 Å². The maximum Gasteiger partial charge on any atom is 0.315 e. The summed E-state index contributed by atoms with van der Waals surface area (Å²) in [5.41, 5.74) is -6.38. The molecule has 0 aromatic heterocycles. The van der Waals surface area contributed by atoms with Crippen LogP contribution in [0.4, 0.5) is 4.79 Å². The maximum atomic E-state index is 13.1. The molecule has 0 spiro atoms. The van der Waals surface area contributed by atoms with E-state index in [1.54, 1.807) is 48.5 Å². The van der Waals surface area contributed by atoms with Crippen LogP contribution in [-0.2, 0) is 28.5 Å². The van der Waals surface area contributed by atoms with E-state index in [-0.39, 0.29) is 61.3 Å². The van der Waals surface area contributed by atoms with Crippen molar-refractivity contribution < 1.29 is 53.8 Å². The van der Waals surface area contributed by atoms with E-state index in [4.69, 9.17) is 18.9 Å². The fourth-order valence-electron chi connectivity index (χ4n) is 7.45. The lowest BCUT2D eigenvalue weighted by molar-refractivity contribution is -0.405. The Morgan fingerprint density at radius 2 is 1.74 bits per heavy atom. The Balaban J connectivity index is 1.71. The molecule has 3 saturated heterocycles. The standard InChI is InChI=1S/C35H61N3O11S/c1-20(21(2)40)27(36-22(3)41)32(8,48-30(4,5)17-39)18-46-19-33(9)31(6,7)49-35(11,28(43)34(33,10)45)47-25(42)15-13-12-14-24-26-23(16-50-24)37-29(44)38-26/h23-24,26-28,39-40,43,45H,12-19H2,1-11H3,(H,36,41)(H2,37,38,44)/b21-20+/t23-,24?,26-,27-,28?,32+,33?,34+,35-/m0/s1. The average Bonchev–Trinajstić information content (AvgIpc) is 3.54. The van der Waals surface area contributed by atoms with E-state index in [0.717, 1.165) is 18.6 Å². The summed E-state index contributed by atoms with van der Waals surface area (Å²) in [7, 11) is 0. The molecule has 3 aliphatic rings. The van der Waals surface area contributed by atoms with E-state index in [0.29, 0.717) is 12.0 Å². The van der Waals surface area contributed by atoms with E-state index < -0.39 is 51.7 Å². The second-order valence-corrected chi connectivity index (χ2v) is 17.4. The van der Waals surface area contributed by atoms with Gasteiger partial charge < -0.3 is 55.3 Å². The minimum atomic E-state index is -1.91. The molecule has 288 valence electrons. The third kappa shape index (κ3) is 8.89. The van der Waals surface area contributed by atoms with Gasteiger partial charge in [0.1, 0.15) is 17.3 Å². The van der Waals surface area contributed by atoms with Gasteiger partial charge in [-0.2, -0.15) is 11.8 Å². The van der Waals surface area contributed by atoms with E-state index in [2.05, 4.69) is 16.0 Å². The van der Waals surface area contributed by atoms with Gasteiger partial charge in [0.25, 0.3) is 0 Å². The van der Waals surface area contributed by atoms with Crippen LogP contribution >= 0.6 is 11.8 Å². The lowest BCUT2D eigenvalue weighted by Gasteiger charge is -2.62. The Morgan fingerprint density at radius 1 is 1.10 bits per heavy atom. The van der Waals surface area contributed by atoms with Gasteiger partial charge in [-0.25, -0.2) is 4.79 Å².